The molecule has 0 spiro atoms. The van der Waals surface area contributed by atoms with Crippen LogP contribution in [0.2, 0.25) is 0 Å². The molecule has 25 heavy (non-hydrogen) atoms. The molecule has 0 aliphatic carbocycles. The fourth-order valence-corrected chi connectivity index (χ4v) is 2.47. The number of rotatable bonds is 3. The van der Waals surface area contributed by atoms with Crippen molar-refractivity contribution in [1.29, 1.82) is 0 Å². The molecule has 3 heterocycles. The van der Waals surface area contributed by atoms with Crippen molar-refractivity contribution in [2.24, 2.45) is 0 Å². The van der Waals surface area contributed by atoms with E-state index in [0.717, 1.165) is 12.3 Å². The third-order valence-electron chi connectivity index (χ3n) is 3.76. The van der Waals surface area contributed by atoms with E-state index >= 15 is 0 Å². The average Bonchev–Trinajstić information content (AvgIpc) is 2.99. The molecule has 1 amide bonds. The minimum absolute atomic E-state index is 0.0261. The first-order valence-electron chi connectivity index (χ1n) is 7.33. The van der Waals surface area contributed by atoms with E-state index in [1.54, 1.807) is 12.1 Å². The smallest absolute Gasteiger partial charge is 0.337 e. The summed E-state index contributed by atoms with van der Waals surface area (Å²) in [5.41, 5.74) is -3.04. The van der Waals surface area contributed by atoms with Crippen LogP contribution in [0.5, 0.6) is 0 Å². The third kappa shape index (κ3) is 3.67. The molecule has 2 aromatic heterocycles. The summed E-state index contributed by atoms with van der Waals surface area (Å²) in [7, 11) is 0. The Bertz CT molecular complexity index is 770. The molecular weight excluding hydrogens is 342 g/mol. The molecule has 0 aromatic carbocycles. The SMILES string of the molecule is O=C(Nc1cccnc1)C1(F)CCN(c2nccc(C(F)(F)F)n2)C1. The molecule has 0 bridgehead atoms. The van der Waals surface area contributed by atoms with E-state index in [4.69, 9.17) is 0 Å². The van der Waals surface area contributed by atoms with Crippen LogP contribution in [-0.4, -0.2) is 39.6 Å². The number of anilines is 2. The van der Waals surface area contributed by atoms with Gasteiger partial charge in [0.05, 0.1) is 18.4 Å². The number of carbonyl (C=O) groups is 1. The summed E-state index contributed by atoms with van der Waals surface area (Å²) in [6.45, 7) is -0.404. The summed E-state index contributed by atoms with van der Waals surface area (Å²) < 4.78 is 53.1. The zero-order valence-electron chi connectivity index (χ0n) is 12.8. The zero-order valence-corrected chi connectivity index (χ0v) is 12.8. The van der Waals surface area contributed by atoms with Gasteiger partial charge in [0.15, 0.2) is 0 Å². The van der Waals surface area contributed by atoms with Crippen molar-refractivity contribution in [3.8, 4) is 0 Å². The number of carbonyl (C=O) groups excluding carboxylic acids is 1. The molecule has 1 atom stereocenters. The van der Waals surface area contributed by atoms with E-state index in [9.17, 15) is 22.4 Å². The van der Waals surface area contributed by atoms with Gasteiger partial charge in [-0.15, -0.1) is 0 Å². The molecule has 1 unspecified atom stereocenters. The van der Waals surface area contributed by atoms with Gasteiger partial charge in [0.2, 0.25) is 11.6 Å². The Morgan fingerprint density at radius 2 is 2.08 bits per heavy atom. The van der Waals surface area contributed by atoms with Gasteiger partial charge in [-0.25, -0.2) is 14.4 Å². The summed E-state index contributed by atoms with van der Waals surface area (Å²) in [6.07, 6.45) is -0.979. The predicted molar refractivity (Wildman–Crippen MR) is 80.6 cm³/mol. The highest BCUT2D eigenvalue weighted by Crippen LogP contribution is 2.32. The van der Waals surface area contributed by atoms with Gasteiger partial charge in [0.25, 0.3) is 5.91 Å². The largest absolute Gasteiger partial charge is 0.433 e. The average molecular weight is 355 g/mol. The minimum atomic E-state index is -4.62. The molecular formula is C15H13F4N5O. The number of halogens is 4. The molecule has 1 aliphatic heterocycles. The second-order valence-electron chi connectivity index (χ2n) is 5.57. The normalized spacial score (nSPS) is 20.6. The summed E-state index contributed by atoms with van der Waals surface area (Å²) >= 11 is 0. The number of pyridine rings is 1. The van der Waals surface area contributed by atoms with Crippen molar-refractivity contribution in [3.05, 3.63) is 42.5 Å². The van der Waals surface area contributed by atoms with Gasteiger partial charge in [-0.2, -0.15) is 13.2 Å². The second kappa shape index (κ2) is 6.26. The van der Waals surface area contributed by atoms with Crippen LogP contribution in [0.15, 0.2) is 36.8 Å². The molecule has 1 N–H and O–H groups in total. The molecule has 1 aliphatic rings. The Morgan fingerprint density at radius 3 is 2.76 bits per heavy atom. The van der Waals surface area contributed by atoms with Crippen LogP contribution in [0.3, 0.4) is 0 Å². The lowest BCUT2D eigenvalue weighted by atomic mass is 10.0. The first-order valence-corrected chi connectivity index (χ1v) is 7.33. The molecule has 3 rings (SSSR count). The van der Waals surface area contributed by atoms with Gasteiger partial charge >= 0.3 is 6.18 Å². The van der Waals surface area contributed by atoms with Gasteiger partial charge < -0.3 is 10.2 Å². The Hall–Kier alpha value is -2.78. The standard InChI is InChI=1S/C15H13F4N5O/c16-14(12(25)22-10-2-1-5-20-8-10)4-7-24(9-14)13-21-6-3-11(23-13)15(17,18)19/h1-3,5-6,8H,4,7,9H2,(H,22,25). The van der Waals surface area contributed by atoms with Crippen LogP contribution in [0.25, 0.3) is 0 Å². The first-order chi connectivity index (χ1) is 11.8. The summed E-state index contributed by atoms with van der Waals surface area (Å²) in [4.78, 5) is 24.4. The van der Waals surface area contributed by atoms with Crippen LogP contribution < -0.4 is 10.2 Å². The number of alkyl halides is 4. The molecule has 6 nitrogen and oxygen atoms in total. The predicted octanol–water partition coefficient (Wildman–Crippen LogP) is 2.45. The van der Waals surface area contributed by atoms with Crippen molar-refractivity contribution in [3.63, 3.8) is 0 Å². The highest BCUT2D eigenvalue weighted by atomic mass is 19.4. The third-order valence-corrected chi connectivity index (χ3v) is 3.76. The molecule has 0 saturated carbocycles. The van der Waals surface area contributed by atoms with Crippen LogP contribution >= 0.6 is 0 Å². The van der Waals surface area contributed by atoms with E-state index in [0.29, 0.717) is 5.69 Å². The Labute approximate surface area is 139 Å². The van der Waals surface area contributed by atoms with Gasteiger partial charge in [-0.3, -0.25) is 9.78 Å². The number of hydrogen-bond donors (Lipinski definition) is 1. The number of aromatic nitrogens is 3. The van der Waals surface area contributed by atoms with Crippen molar-refractivity contribution < 1.29 is 22.4 Å². The summed E-state index contributed by atoms with van der Waals surface area (Å²) in [5, 5.41) is 2.41. The number of nitrogens with zero attached hydrogens (tertiary/aromatic N) is 4. The highest BCUT2D eigenvalue weighted by Gasteiger charge is 2.46. The van der Waals surface area contributed by atoms with E-state index in [-0.39, 0.29) is 18.9 Å². The quantitative estimate of drug-likeness (QED) is 0.857. The van der Waals surface area contributed by atoms with Gasteiger partial charge in [-0.1, -0.05) is 0 Å². The Balaban J connectivity index is 1.73. The van der Waals surface area contributed by atoms with Crippen molar-refractivity contribution in [2.45, 2.75) is 18.3 Å². The van der Waals surface area contributed by atoms with Crippen LogP contribution in [-0.2, 0) is 11.0 Å². The fourth-order valence-electron chi connectivity index (χ4n) is 2.47. The van der Waals surface area contributed by atoms with Gasteiger partial charge in [-0.05, 0) is 18.2 Å². The molecule has 1 saturated heterocycles. The van der Waals surface area contributed by atoms with Crippen LogP contribution in [0.1, 0.15) is 12.1 Å². The number of nitrogens with one attached hydrogen (secondary N) is 1. The molecule has 132 valence electrons. The van der Waals surface area contributed by atoms with Gasteiger partial charge in [0.1, 0.15) is 5.69 Å². The van der Waals surface area contributed by atoms with E-state index in [2.05, 4.69) is 20.3 Å². The monoisotopic (exact) mass is 355 g/mol. The zero-order chi connectivity index (χ0) is 18.1. The second-order valence-corrected chi connectivity index (χ2v) is 5.57. The van der Waals surface area contributed by atoms with E-state index < -0.39 is 30.0 Å². The van der Waals surface area contributed by atoms with Crippen molar-refractivity contribution in [2.75, 3.05) is 23.3 Å². The van der Waals surface area contributed by atoms with Gasteiger partial charge in [0, 0.05) is 25.4 Å². The van der Waals surface area contributed by atoms with Crippen LogP contribution in [0.4, 0.5) is 29.2 Å². The maximum Gasteiger partial charge on any atom is 0.433 e. The molecule has 0 radical (unpaired) electrons. The molecule has 10 heteroatoms. The Kier molecular flexibility index (Phi) is 4.27. The highest BCUT2D eigenvalue weighted by molar-refractivity contribution is 5.98. The first kappa shape index (κ1) is 17.1. The van der Waals surface area contributed by atoms with Crippen LogP contribution in [0, 0.1) is 0 Å². The van der Waals surface area contributed by atoms with E-state index in [1.165, 1.54) is 17.3 Å². The lowest BCUT2D eigenvalue weighted by Gasteiger charge is -2.20. The lowest BCUT2D eigenvalue weighted by molar-refractivity contribution is -0.141. The fraction of sp³-hybridized carbons (Fsp3) is 0.333. The number of amides is 1. The lowest BCUT2D eigenvalue weighted by Crippen LogP contribution is -2.41. The molecule has 2 aromatic rings. The topological polar surface area (TPSA) is 71.0 Å². The van der Waals surface area contributed by atoms with Crippen molar-refractivity contribution in [1.82, 2.24) is 15.0 Å². The maximum absolute atomic E-state index is 14.9. The number of hydrogen-bond acceptors (Lipinski definition) is 5. The van der Waals surface area contributed by atoms with Crippen molar-refractivity contribution >= 4 is 17.5 Å². The summed E-state index contributed by atoms with van der Waals surface area (Å²) in [5.74, 6) is -1.14. The summed E-state index contributed by atoms with van der Waals surface area (Å²) in [6, 6.07) is 3.87. The Morgan fingerprint density at radius 1 is 1.28 bits per heavy atom. The minimum Gasteiger partial charge on any atom is -0.337 e. The maximum atomic E-state index is 14.9. The molecule has 1 fully saturated rings. The van der Waals surface area contributed by atoms with E-state index in [1.807, 2.05) is 0 Å².